The van der Waals surface area contributed by atoms with Crippen LogP contribution in [0.3, 0.4) is 0 Å². The van der Waals surface area contributed by atoms with Crippen LogP contribution in [-0.2, 0) is 9.47 Å². The van der Waals surface area contributed by atoms with E-state index >= 15 is 0 Å². The molecular formula is C16H31NO2. The molecule has 0 aliphatic heterocycles. The molecule has 0 bridgehead atoms. The van der Waals surface area contributed by atoms with Crippen molar-refractivity contribution < 1.29 is 9.47 Å². The Labute approximate surface area is 118 Å². The normalized spacial score (nSPS) is 29.8. The number of nitrogens with one attached hydrogen (secondary N) is 1. The summed E-state index contributed by atoms with van der Waals surface area (Å²) in [5.41, 5.74) is 0. The van der Waals surface area contributed by atoms with Gasteiger partial charge < -0.3 is 14.8 Å². The molecule has 2 fully saturated rings. The van der Waals surface area contributed by atoms with Crippen molar-refractivity contribution in [1.82, 2.24) is 5.32 Å². The first-order valence-electron chi connectivity index (χ1n) is 8.14. The molecule has 0 amide bonds. The van der Waals surface area contributed by atoms with Crippen molar-refractivity contribution in [2.24, 2.45) is 11.8 Å². The van der Waals surface area contributed by atoms with Crippen LogP contribution >= 0.6 is 0 Å². The first kappa shape index (κ1) is 15.3. The summed E-state index contributed by atoms with van der Waals surface area (Å²) < 4.78 is 10.6. The molecule has 2 unspecified atom stereocenters. The summed E-state index contributed by atoms with van der Waals surface area (Å²) in [6.45, 7) is 0.820. The van der Waals surface area contributed by atoms with E-state index in [4.69, 9.17) is 9.47 Å². The lowest BCUT2D eigenvalue weighted by Gasteiger charge is -2.40. The third kappa shape index (κ3) is 4.44. The van der Waals surface area contributed by atoms with Crippen molar-refractivity contribution in [3.63, 3.8) is 0 Å². The van der Waals surface area contributed by atoms with Gasteiger partial charge in [0.2, 0.25) is 0 Å². The highest BCUT2D eigenvalue weighted by molar-refractivity contribution is 4.87. The van der Waals surface area contributed by atoms with Crippen molar-refractivity contribution in [2.45, 2.75) is 70.1 Å². The van der Waals surface area contributed by atoms with Gasteiger partial charge in [-0.2, -0.15) is 0 Å². The molecule has 0 aromatic carbocycles. The van der Waals surface area contributed by atoms with E-state index < -0.39 is 0 Å². The first-order chi connectivity index (χ1) is 9.35. The molecular weight excluding hydrogens is 238 g/mol. The second-order valence-corrected chi connectivity index (χ2v) is 6.26. The lowest BCUT2D eigenvalue weighted by atomic mass is 9.71. The summed E-state index contributed by atoms with van der Waals surface area (Å²) in [7, 11) is 3.44. The zero-order valence-corrected chi connectivity index (χ0v) is 12.7. The molecule has 2 saturated carbocycles. The van der Waals surface area contributed by atoms with Crippen molar-refractivity contribution in [3.8, 4) is 0 Å². The molecule has 0 aromatic heterocycles. The SMILES string of the molecule is COC(CNC1CCCCC1C1CCCCC1)OC. The molecule has 3 nitrogen and oxygen atoms in total. The standard InChI is InChI=1S/C16H31NO2/c1-18-16(19-2)12-17-15-11-7-6-10-14(15)13-8-4-3-5-9-13/h13-17H,3-12H2,1-2H3. The highest BCUT2D eigenvalue weighted by Gasteiger charge is 2.32. The summed E-state index contributed by atoms with van der Waals surface area (Å²) >= 11 is 0. The predicted octanol–water partition coefficient (Wildman–Crippen LogP) is 3.33. The summed E-state index contributed by atoms with van der Waals surface area (Å²) in [5.74, 6) is 1.86. The topological polar surface area (TPSA) is 30.5 Å². The van der Waals surface area contributed by atoms with Crippen LogP contribution in [0.2, 0.25) is 0 Å². The van der Waals surface area contributed by atoms with Gasteiger partial charge in [0.1, 0.15) is 0 Å². The Morgan fingerprint density at radius 1 is 0.895 bits per heavy atom. The number of methoxy groups -OCH3 is 2. The second-order valence-electron chi connectivity index (χ2n) is 6.26. The van der Waals surface area contributed by atoms with Gasteiger partial charge >= 0.3 is 0 Å². The fourth-order valence-corrected chi connectivity index (χ4v) is 4.05. The molecule has 0 saturated heterocycles. The molecule has 0 spiro atoms. The molecule has 112 valence electrons. The zero-order valence-electron chi connectivity index (χ0n) is 12.7. The minimum Gasteiger partial charge on any atom is -0.355 e. The maximum Gasteiger partial charge on any atom is 0.169 e. The number of ether oxygens (including phenoxy) is 2. The van der Waals surface area contributed by atoms with Crippen LogP contribution in [0.1, 0.15) is 57.8 Å². The van der Waals surface area contributed by atoms with Gasteiger partial charge in [-0.05, 0) is 24.7 Å². The van der Waals surface area contributed by atoms with E-state index in [9.17, 15) is 0 Å². The summed E-state index contributed by atoms with van der Waals surface area (Å²) in [4.78, 5) is 0. The van der Waals surface area contributed by atoms with Gasteiger partial charge in [-0.1, -0.05) is 44.9 Å². The Morgan fingerprint density at radius 2 is 1.53 bits per heavy atom. The van der Waals surface area contributed by atoms with Gasteiger partial charge in [-0.25, -0.2) is 0 Å². The quantitative estimate of drug-likeness (QED) is 0.750. The molecule has 19 heavy (non-hydrogen) atoms. The van der Waals surface area contributed by atoms with Crippen LogP contribution in [0.15, 0.2) is 0 Å². The van der Waals surface area contributed by atoms with Gasteiger partial charge in [0.25, 0.3) is 0 Å². The Hall–Kier alpha value is -0.120. The molecule has 2 rings (SSSR count). The maximum atomic E-state index is 5.29. The Morgan fingerprint density at radius 3 is 2.21 bits per heavy atom. The minimum atomic E-state index is -0.103. The average molecular weight is 269 g/mol. The molecule has 2 aliphatic carbocycles. The van der Waals surface area contributed by atoms with E-state index in [1.165, 1.54) is 57.8 Å². The van der Waals surface area contributed by atoms with Crippen LogP contribution in [0.4, 0.5) is 0 Å². The van der Waals surface area contributed by atoms with Crippen LogP contribution in [0, 0.1) is 11.8 Å². The van der Waals surface area contributed by atoms with Crippen molar-refractivity contribution in [1.29, 1.82) is 0 Å². The van der Waals surface area contributed by atoms with Gasteiger partial charge in [-0.15, -0.1) is 0 Å². The van der Waals surface area contributed by atoms with E-state index in [2.05, 4.69) is 5.32 Å². The molecule has 0 radical (unpaired) electrons. The third-order valence-electron chi connectivity index (χ3n) is 5.15. The molecule has 1 N–H and O–H groups in total. The van der Waals surface area contributed by atoms with Gasteiger partial charge in [0.15, 0.2) is 6.29 Å². The Kier molecular flexibility index (Phi) is 6.62. The van der Waals surface area contributed by atoms with E-state index in [1.54, 1.807) is 14.2 Å². The molecule has 0 aromatic rings. The summed E-state index contributed by atoms with van der Waals surface area (Å²) in [6.07, 6.45) is 12.7. The van der Waals surface area contributed by atoms with Gasteiger partial charge in [0.05, 0.1) is 0 Å². The number of hydrogen-bond acceptors (Lipinski definition) is 3. The molecule has 2 aliphatic rings. The Bertz CT molecular complexity index is 237. The number of rotatable bonds is 6. The lowest BCUT2D eigenvalue weighted by molar-refractivity contribution is -0.101. The van der Waals surface area contributed by atoms with E-state index in [0.29, 0.717) is 6.04 Å². The maximum absolute atomic E-state index is 5.29. The zero-order chi connectivity index (χ0) is 13.5. The highest BCUT2D eigenvalue weighted by Crippen LogP contribution is 2.38. The fourth-order valence-electron chi connectivity index (χ4n) is 4.05. The minimum absolute atomic E-state index is 0.103. The largest absolute Gasteiger partial charge is 0.355 e. The summed E-state index contributed by atoms with van der Waals surface area (Å²) in [6, 6.07) is 0.685. The average Bonchev–Trinajstić information content (AvgIpc) is 2.49. The van der Waals surface area contributed by atoms with E-state index in [-0.39, 0.29) is 6.29 Å². The molecule has 2 atom stereocenters. The van der Waals surface area contributed by atoms with Crippen LogP contribution < -0.4 is 5.32 Å². The first-order valence-corrected chi connectivity index (χ1v) is 8.14. The van der Waals surface area contributed by atoms with Gasteiger partial charge in [-0.3, -0.25) is 0 Å². The molecule has 3 heteroatoms. The van der Waals surface area contributed by atoms with E-state index in [1.807, 2.05) is 0 Å². The number of hydrogen-bond donors (Lipinski definition) is 1. The van der Waals surface area contributed by atoms with Crippen LogP contribution in [0.25, 0.3) is 0 Å². The van der Waals surface area contributed by atoms with Gasteiger partial charge in [0, 0.05) is 26.8 Å². The third-order valence-corrected chi connectivity index (χ3v) is 5.15. The lowest BCUT2D eigenvalue weighted by Crippen LogP contribution is -2.45. The smallest absolute Gasteiger partial charge is 0.169 e. The monoisotopic (exact) mass is 269 g/mol. The summed E-state index contributed by atoms with van der Waals surface area (Å²) in [5, 5.41) is 3.72. The Balaban J connectivity index is 1.84. The van der Waals surface area contributed by atoms with E-state index in [0.717, 1.165) is 18.4 Å². The predicted molar refractivity (Wildman–Crippen MR) is 78.1 cm³/mol. The van der Waals surface area contributed by atoms with Crippen molar-refractivity contribution in [2.75, 3.05) is 20.8 Å². The fraction of sp³-hybridized carbons (Fsp3) is 1.00. The van der Waals surface area contributed by atoms with Crippen molar-refractivity contribution in [3.05, 3.63) is 0 Å². The second kappa shape index (κ2) is 8.23. The highest BCUT2D eigenvalue weighted by atomic mass is 16.7. The van der Waals surface area contributed by atoms with Crippen LogP contribution in [0.5, 0.6) is 0 Å². The molecule has 0 heterocycles. The van der Waals surface area contributed by atoms with Crippen molar-refractivity contribution >= 4 is 0 Å². The van der Waals surface area contributed by atoms with Crippen LogP contribution in [-0.4, -0.2) is 33.1 Å².